The normalized spacial score (nSPS) is 18.9. The highest BCUT2D eigenvalue weighted by Gasteiger charge is 2.24. The Morgan fingerprint density at radius 1 is 1.21 bits per heavy atom. The van der Waals surface area contributed by atoms with Crippen molar-refractivity contribution in [2.24, 2.45) is 0 Å². The van der Waals surface area contributed by atoms with Crippen molar-refractivity contribution in [1.29, 1.82) is 0 Å². The van der Waals surface area contributed by atoms with Crippen LogP contribution in [0, 0.1) is 6.92 Å². The zero-order valence-electron chi connectivity index (χ0n) is 11.0. The van der Waals surface area contributed by atoms with E-state index in [0.717, 1.165) is 24.4 Å². The summed E-state index contributed by atoms with van der Waals surface area (Å²) in [5, 5.41) is 6.39. The standard InChI is InChI=1S/C14H17N3O.ClH/c1-10-5-7-11(8-6-10)13-16-14(18-17-13)12-4-2-3-9-15-12;/h5-8,12,15H,2-4,9H2,1H3;1H. The number of aryl methyl sites for hydroxylation is 1. The molecular weight excluding hydrogens is 262 g/mol. The maximum Gasteiger partial charge on any atom is 0.285 e. The molecule has 0 radical (unpaired) electrons. The number of hydrogen-bond acceptors (Lipinski definition) is 3. The quantitative estimate of drug-likeness (QED) is 0.754. The molecule has 3 rings (SSSR count). The van der Waals surface area contributed by atoms with Crippen LogP contribution in [-0.4, -0.2) is 16.7 Å². The van der Waals surface area contributed by atoms with Crippen LogP contribution in [0.15, 0.2) is 28.8 Å². The molecule has 19 heavy (non-hydrogen) atoms. The fourth-order valence-electron chi connectivity index (χ4n) is 2.38. The highest BCUT2D eigenvalue weighted by atomic mass is 35.5. The zero-order valence-corrected chi connectivity index (χ0v) is 11.7. The fourth-order valence-corrected chi connectivity index (χ4v) is 2.38. The first-order valence-corrected chi connectivity index (χ1v) is 6.57. The summed E-state index contributed by atoms with van der Waals surface area (Å²) in [6, 6.07) is 8.56. The fraction of sp³-hybridized carbons (Fsp3) is 0.429. The molecular formula is C14H18ClN3O. The lowest BCUT2D eigenvalue weighted by Crippen LogP contribution is -3.00. The minimum Gasteiger partial charge on any atom is -1.00 e. The van der Waals surface area contributed by atoms with Crippen LogP contribution in [0.5, 0.6) is 0 Å². The lowest BCUT2D eigenvalue weighted by atomic mass is 10.1. The molecule has 4 nitrogen and oxygen atoms in total. The molecule has 102 valence electrons. The van der Waals surface area contributed by atoms with E-state index in [-0.39, 0.29) is 12.4 Å². The number of piperidine rings is 1. The van der Waals surface area contributed by atoms with Gasteiger partial charge in [0.05, 0.1) is 6.54 Å². The van der Waals surface area contributed by atoms with Crippen molar-refractivity contribution in [3.63, 3.8) is 0 Å². The van der Waals surface area contributed by atoms with E-state index in [9.17, 15) is 0 Å². The minimum atomic E-state index is 0. The predicted molar refractivity (Wildman–Crippen MR) is 67.9 cm³/mol. The van der Waals surface area contributed by atoms with Crippen LogP contribution in [0.25, 0.3) is 11.4 Å². The molecule has 0 spiro atoms. The van der Waals surface area contributed by atoms with Crippen LogP contribution in [0.3, 0.4) is 0 Å². The first-order valence-electron chi connectivity index (χ1n) is 6.57. The molecule has 1 fully saturated rings. The van der Waals surface area contributed by atoms with Gasteiger partial charge < -0.3 is 22.2 Å². The molecule has 1 aromatic carbocycles. The summed E-state index contributed by atoms with van der Waals surface area (Å²) in [4.78, 5) is 4.52. The predicted octanol–water partition coefficient (Wildman–Crippen LogP) is -1.16. The SMILES string of the molecule is Cc1ccc(-c2noc(C3CCCC[NH2+]3)n2)cc1.[Cl-]. The first kappa shape index (κ1) is 14.0. The van der Waals surface area contributed by atoms with Crippen LogP contribution in [0.2, 0.25) is 0 Å². The highest BCUT2D eigenvalue weighted by molar-refractivity contribution is 5.54. The number of quaternary nitrogens is 1. The van der Waals surface area contributed by atoms with E-state index in [4.69, 9.17) is 4.52 Å². The molecule has 2 N–H and O–H groups in total. The van der Waals surface area contributed by atoms with Crippen molar-refractivity contribution in [2.75, 3.05) is 6.54 Å². The van der Waals surface area contributed by atoms with E-state index in [2.05, 4.69) is 34.5 Å². The van der Waals surface area contributed by atoms with Gasteiger partial charge in [0, 0.05) is 12.0 Å². The lowest BCUT2D eigenvalue weighted by molar-refractivity contribution is -0.706. The summed E-state index contributed by atoms with van der Waals surface area (Å²) >= 11 is 0. The second kappa shape index (κ2) is 6.17. The van der Waals surface area contributed by atoms with Gasteiger partial charge in [-0.2, -0.15) is 4.98 Å². The topological polar surface area (TPSA) is 55.5 Å². The minimum absolute atomic E-state index is 0. The van der Waals surface area contributed by atoms with Gasteiger partial charge in [-0.05, 0) is 19.8 Å². The molecule has 1 aliphatic heterocycles. The van der Waals surface area contributed by atoms with Crippen molar-refractivity contribution >= 4 is 0 Å². The monoisotopic (exact) mass is 279 g/mol. The van der Waals surface area contributed by atoms with Crippen LogP contribution < -0.4 is 17.7 Å². The summed E-state index contributed by atoms with van der Waals surface area (Å²) in [6.45, 7) is 3.23. The Hall–Kier alpha value is -1.39. The molecule has 0 amide bonds. The number of halogens is 1. The van der Waals surface area contributed by atoms with Crippen LogP contribution in [0.4, 0.5) is 0 Å². The molecule has 1 atom stereocenters. The Kier molecular flexibility index (Phi) is 4.56. The Bertz CT molecular complexity index is 518. The molecule has 1 aromatic heterocycles. The second-order valence-electron chi connectivity index (χ2n) is 4.95. The van der Waals surface area contributed by atoms with E-state index >= 15 is 0 Å². The zero-order chi connectivity index (χ0) is 12.4. The largest absolute Gasteiger partial charge is 1.00 e. The third-order valence-corrected chi connectivity index (χ3v) is 3.49. The van der Waals surface area contributed by atoms with E-state index in [1.165, 1.54) is 18.4 Å². The summed E-state index contributed by atoms with van der Waals surface area (Å²) in [6.07, 6.45) is 3.67. The van der Waals surface area contributed by atoms with E-state index in [0.29, 0.717) is 11.9 Å². The molecule has 2 aromatic rings. The number of hydrogen-bond donors (Lipinski definition) is 1. The van der Waals surface area contributed by atoms with Crippen molar-refractivity contribution in [3.05, 3.63) is 35.7 Å². The van der Waals surface area contributed by atoms with Crippen LogP contribution in [0.1, 0.15) is 36.8 Å². The number of aromatic nitrogens is 2. The second-order valence-corrected chi connectivity index (χ2v) is 4.95. The molecule has 1 unspecified atom stereocenters. The maximum atomic E-state index is 5.40. The molecule has 0 bridgehead atoms. The number of rotatable bonds is 2. The first-order chi connectivity index (χ1) is 8.83. The van der Waals surface area contributed by atoms with Gasteiger partial charge in [0.2, 0.25) is 5.82 Å². The van der Waals surface area contributed by atoms with E-state index in [1.807, 2.05) is 12.1 Å². The third-order valence-electron chi connectivity index (χ3n) is 3.49. The lowest BCUT2D eigenvalue weighted by Gasteiger charge is -2.15. The number of benzene rings is 1. The maximum absolute atomic E-state index is 5.40. The van der Waals surface area contributed by atoms with Crippen LogP contribution in [-0.2, 0) is 0 Å². The van der Waals surface area contributed by atoms with Crippen LogP contribution >= 0.6 is 0 Å². The van der Waals surface area contributed by atoms with Gasteiger partial charge in [0.15, 0.2) is 6.04 Å². The molecule has 2 heterocycles. The average molecular weight is 280 g/mol. The van der Waals surface area contributed by atoms with E-state index in [1.54, 1.807) is 0 Å². The summed E-state index contributed by atoms with van der Waals surface area (Å²) in [5.41, 5.74) is 2.26. The van der Waals surface area contributed by atoms with Crippen molar-refractivity contribution < 1.29 is 22.2 Å². The van der Waals surface area contributed by atoms with Crippen molar-refractivity contribution in [1.82, 2.24) is 10.1 Å². The van der Waals surface area contributed by atoms with Gasteiger partial charge in [0.25, 0.3) is 5.89 Å². The molecule has 5 heteroatoms. The molecule has 0 saturated carbocycles. The van der Waals surface area contributed by atoms with E-state index < -0.39 is 0 Å². The smallest absolute Gasteiger partial charge is 0.285 e. The highest BCUT2D eigenvalue weighted by Crippen LogP contribution is 2.21. The van der Waals surface area contributed by atoms with Gasteiger partial charge in [-0.1, -0.05) is 35.0 Å². The summed E-state index contributed by atoms with van der Waals surface area (Å²) in [7, 11) is 0. The Morgan fingerprint density at radius 3 is 2.68 bits per heavy atom. The van der Waals surface area contributed by atoms with Gasteiger partial charge >= 0.3 is 0 Å². The molecule has 1 saturated heterocycles. The van der Waals surface area contributed by atoms with Crippen molar-refractivity contribution in [3.8, 4) is 11.4 Å². The summed E-state index contributed by atoms with van der Waals surface area (Å²) < 4.78 is 5.40. The Labute approximate surface area is 119 Å². The van der Waals surface area contributed by atoms with Gasteiger partial charge in [-0.3, -0.25) is 0 Å². The Balaban J connectivity index is 0.00000133. The molecule has 0 aliphatic carbocycles. The van der Waals surface area contributed by atoms with Gasteiger partial charge in [-0.25, -0.2) is 0 Å². The Morgan fingerprint density at radius 2 is 2.00 bits per heavy atom. The van der Waals surface area contributed by atoms with Gasteiger partial charge in [-0.15, -0.1) is 0 Å². The average Bonchev–Trinajstić information content (AvgIpc) is 2.90. The number of nitrogens with two attached hydrogens (primary N) is 1. The van der Waals surface area contributed by atoms with Gasteiger partial charge in [0.1, 0.15) is 0 Å². The molecule has 1 aliphatic rings. The third kappa shape index (κ3) is 3.14. The summed E-state index contributed by atoms with van der Waals surface area (Å²) in [5.74, 6) is 1.47. The van der Waals surface area contributed by atoms with Crippen molar-refractivity contribution in [2.45, 2.75) is 32.2 Å². The number of nitrogens with zero attached hydrogens (tertiary/aromatic N) is 2.